The van der Waals surface area contributed by atoms with Gasteiger partial charge in [0.25, 0.3) is 0 Å². The molecule has 0 heterocycles. The van der Waals surface area contributed by atoms with Crippen molar-refractivity contribution >= 4 is 17.9 Å². The van der Waals surface area contributed by atoms with Gasteiger partial charge in [-0.15, -0.1) is 0 Å². The molecule has 2 N–H and O–H groups in total. The molecule has 3 amide bonds. The van der Waals surface area contributed by atoms with E-state index in [0.717, 1.165) is 47.9 Å². The van der Waals surface area contributed by atoms with E-state index in [4.69, 9.17) is 4.74 Å². The Morgan fingerprint density at radius 1 is 0.900 bits per heavy atom. The Morgan fingerprint density at radius 3 is 2.08 bits per heavy atom. The number of ether oxygens (including phenoxy) is 1. The number of hydrogen-bond acceptors (Lipinski definition) is 4. The molecule has 7 heteroatoms. The normalized spacial score (nSPS) is 12.9. The molecule has 2 atom stereocenters. The van der Waals surface area contributed by atoms with E-state index in [1.54, 1.807) is 25.7 Å². The van der Waals surface area contributed by atoms with Gasteiger partial charge in [-0.05, 0) is 69.2 Å². The molecule has 2 unspecified atom stereocenters. The summed E-state index contributed by atoms with van der Waals surface area (Å²) in [6, 6.07) is 13.9. The van der Waals surface area contributed by atoms with Crippen LogP contribution in [0.5, 0.6) is 0 Å². The van der Waals surface area contributed by atoms with E-state index in [2.05, 4.69) is 17.6 Å². The molecule has 0 aromatic heterocycles. The van der Waals surface area contributed by atoms with E-state index in [-0.39, 0.29) is 17.7 Å². The van der Waals surface area contributed by atoms with Crippen LogP contribution >= 0.6 is 0 Å². The number of aryl methyl sites for hydroxylation is 2. The third kappa shape index (κ3) is 10.00. The molecule has 0 spiro atoms. The van der Waals surface area contributed by atoms with E-state index in [9.17, 15) is 14.4 Å². The van der Waals surface area contributed by atoms with Crippen molar-refractivity contribution in [1.82, 2.24) is 15.5 Å². The van der Waals surface area contributed by atoms with Crippen LogP contribution in [0.2, 0.25) is 0 Å². The lowest BCUT2D eigenvalue weighted by Gasteiger charge is -2.36. The van der Waals surface area contributed by atoms with Crippen LogP contribution in [-0.2, 0) is 20.9 Å². The molecule has 0 fully saturated rings. The number of rotatable bonds is 13. The van der Waals surface area contributed by atoms with Crippen LogP contribution in [0.4, 0.5) is 4.79 Å². The number of unbranched alkanes of at least 4 members (excludes halogenated alkanes) is 3. The van der Waals surface area contributed by atoms with E-state index < -0.39 is 23.8 Å². The summed E-state index contributed by atoms with van der Waals surface area (Å²) in [6.07, 6.45) is 3.14. The van der Waals surface area contributed by atoms with Gasteiger partial charge in [-0.1, -0.05) is 88.6 Å². The minimum Gasteiger partial charge on any atom is -0.444 e. The second-order valence-corrected chi connectivity index (χ2v) is 11.9. The van der Waals surface area contributed by atoms with Crippen LogP contribution in [0, 0.1) is 19.8 Å². The molecule has 0 radical (unpaired) electrons. The van der Waals surface area contributed by atoms with Gasteiger partial charge >= 0.3 is 6.09 Å². The molecule has 0 saturated carbocycles. The summed E-state index contributed by atoms with van der Waals surface area (Å²) in [5.41, 5.74) is 2.96. The van der Waals surface area contributed by atoms with Crippen molar-refractivity contribution in [3.05, 3.63) is 70.8 Å². The Morgan fingerprint density at radius 2 is 1.52 bits per heavy atom. The first-order valence-electron chi connectivity index (χ1n) is 14.5. The smallest absolute Gasteiger partial charge is 0.408 e. The van der Waals surface area contributed by atoms with E-state index in [1.165, 1.54) is 0 Å². The zero-order chi connectivity index (χ0) is 29.9. The predicted octanol–water partition coefficient (Wildman–Crippen LogP) is 6.62. The van der Waals surface area contributed by atoms with Gasteiger partial charge in [0.15, 0.2) is 0 Å². The van der Waals surface area contributed by atoms with Crippen molar-refractivity contribution in [1.29, 1.82) is 0 Å². The number of alkyl carbamates (subject to hydrolysis) is 1. The maximum absolute atomic E-state index is 14.3. The Kier molecular flexibility index (Phi) is 12.7. The molecule has 0 saturated heterocycles. The summed E-state index contributed by atoms with van der Waals surface area (Å²) < 4.78 is 5.48. The van der Waals surface area contributed by atoms with Crippen LogP contribution in [0.15, 0.2) is 48.5 Å². The quantitative estimate of drug-likeness (QED) is 0.274. The van der Waals surface area contributed by atoms with Crippen LogP contribution < -0.4 is 10.6 Å². The highest BCUT2D eigenvalue weighted by Gasteiger charge is 2.38. The van der Waals surface area contributed by atoms with E-state index >= 15 is 0 Å². The maximum Gasteiger partial charge on any atom is 0.408 e. The summed E-state index contributed by atoms with van der Waals surface area (Å²) >= 11 is 0. The summed E-state index contributed by atoms with van der Waals surface area (Å²) in [6.45, 7) is 16.0. The van der Waals surface area contributed by atoms with Crippen molar-refractivity contribution in [3.63, 3.8) is 0 Å². The topological polar surface area (TPSA) is 87.7 Å². The Hall–Kier alpha value is -3.35. The van der Waals surface area contributed by atoms with Crippen molar-refractivity contribution in [2.24, 2.45) is 5.92 Å². The monoisotopic (exact) mass is 551 g/mol. The Bertz CT molecular complexity index is 1090. The summed E-state index contributed by atoms with van der Waals surface area (Å²) in [4.78, 5) is 42.8. The molecule has 0 aliphatic rings. The fourth-order valence-corrected chi connectivity index (χ4v) is 4.77. The molecule has 40 heavy (non-hydrogen) atoms. The number of carbonyl (C=O) groups excluding carboxylic acids is 3. The molecule has 220 valence electrons. The number of nitrogens with one attached hydrogen (secondary N) is 2. The molecule has 2 aromatic carbocycles. The number of benzene rings is 2. The molecule has 0 bridgehead atoms. The van der Waals surface area contributed by atoms with Crippen molar-refractivity contribution in [2.75, 3.05) is 6.54 Å². The van der Waals surface area contributed by atoms with Gasteiger partial charge in [0, 0.05) is 13.1 Å². The molecular formula is C33H49N3O4. The third-order valence-electron chi connectivity index (χ3n) is 6.83. The van der Waals surface area contributed by atoms with E-state index in [0.29, 0.717) is 13.1 Å². The standard InChI is InChI=1S/C33H49N3O4/c1-9-10-11-15-21-36(31(38)28(23(2)3)35-32(39)40-33(6,7)8)29(27-24(4)17-16-18-25(27)5)30(37)34-22-26-19-13-12-14-20-26/h12-14,16-20,23,28-29H,9-11,15,21-22H2,1-8H3,(H,34,37)(H,35,39). The highest BCUT2D eigenvalue weighted by molar-refractivity contribution is 5.92. The lowest BCUT2D eigenvalue weighted by molar-refractivity contribution is -0.143. The molecular weight excluding hydrogens is 502 g/mol. The van der Waals surface area contributed by atoms with Crippen LogP contribution in [0.1, 0.15) is 95.5 Å². The van der Waals surface area contributed by atoms with Crippen molar-refractivity contribution < 1.29 is 19.1 Å². The number of hydrogen-bond donors (Lipinski definition) is 2. The van der Waals surface area contributed by atoms with Crippen molar-refractivity contribution in [3.8, 4) is 0 Å². The first-order chi connectivity index (χ1) is 18.9. The zero-order valence-corrected chi connectivity index (χ0v) is 25.7. The van der Waals surface area contributed by atoms with Gasteiger partial charge in [-0.25, -0.2) is 4.79 Å². The fourth-order valence-electron chi connectivity index (χ4n) is 4.77. The minimum atomic E-state index is -0.852. The van der Waals surface area contributed by atoms with Crippen LogP contribution in [0.3, 0.4) is 0 Å². The molecule has 2 aromatic rings. The molecule has 0 aliphatic carbocycles. The molecule has 0 aliphatic heterocycles. The highest BCUT2D eigenvalue weighted by atomic mass is 16.6. The predicted molar refractivity (Wildman–Crippen MR) is 161 cm³/mol. The lowest BCUT2D eigenvalue weighted by atomic mass is 9.92. The minimum absolute atomic E-state index is 0.218. The van der Waals surface area contributed by atoms with Gasteiger partial charge in [-0.2, -0.15) is 0 Å². The highest BCUT2D eigenvalue weighted by Crippen LogP contribution is 2.30. The first-order valence-corrected chi connectivity index (χ1v) is 14.5. The average Bonchev–Trinajstić information content (AvgIpc) is 2.88. The number of nitrogens with zero attached hydrogens (tertiary/aromatic N) is 1. The SMILES string of the molecule is CCCCCCN(C(=O)C(NC(=O)OC(C)(C)C)C(C)C)C(C(=O)NCc1ccccc1)c1c(C)cccc1C. The summed E-state index contributed by atoms with van der Waals surface area (Å²) in [7, 11) is 0. The van der Waals surface area contributed by atoms with Crippen molar-refractivity contribution in [2.45, 2.75) is 105 Å². The van der Waals surface area contributed by atoms with E-state index in [1.807, 2.05) is 76.2 Å². The van der Waals surface area contributed by atoms with Gasteiger partial charge < -0.3 is 20.3 Å². The number of carbonyl (C=O) groups is 3. The van der Waals surface area contributed by atoms with Crippen LogP contribution in [0.25, 0.3) is 0 Å². The van der Waals surface area contributed by atoms with Crippen LogP contribution in [-0.4, -0.2) is 41.0 Å². The Balaban J connectivity index is 2.53. The number of amides is 3. The molecule has 7 nitrogen and oxygen atoms in total. The van der Waals surface area contributed by atoms with Gasteiger partial charge in [0.1, 0.15) is 17.7 Å². The average molecular weight is 552 g/mol. The third-order valence-corrected chi connectivity index (χ3v) is 6.83. The van der Waals surface area contributed by atoms with Gasteiger partial charge in [-0.3, -0.25) is 9.59 Å². The fraction of sp³-hybridized carbons (Fsp3) is 0.545. The maximum atomic E-state index is 14.3. The largest absolute Gasteiger partial charge is 0.444 e. The first kappa shape index (κ1) is 32.9. The van der Waals surface area contributed by atoms with Gasteiger partial charge in [0.2, 0.25) is 11.8 Å². The summed E-state index contributed by atoms with van der Waals surface area (Å²) in [5, 5.41) is 5.89. The lowest BCUT2D eigenvalue weighted by Crippen LogP contribution is -2.55. The van der Waals surface area contributed by atoms with Gasteiger partial charge in [0.05, 0.1) is 0 Å². The Labute approximate surface area is 241 Å². The summed E-state index contributed by atoms with van der Waals surface area (Å²) in [5.74, 6) is -0.756. The zero-order valence-electron chi connectivity index (χ0n) is 25.7. The second-order valence-electron chi connectivity index (χ2n) is 11.9. The molecule has 2 rings (SSSR count). The second kappa shape index (κ2) is 15.4.